The molecule has 0 radical (unpaired) electrons. The lowest BCUT2D eigenvalue weighted by molar-refractivity contribution is -0.0449. The topological polar surface area (TPSA) is 88.4 Å². The number of aliphatic hydroxyl groups is 1. The van der Waals surface area contributed by atoms with E-state index in [9.17, 15) is 9.90 Å². The number of ether oxygens (including phenoxy) is 1. The van der Waals surface area contributed by atoms with Crippen molar-refractivity contribution in [3.63, 3.8) is 0 Å². The van der Waals surface area contributed by atoms with Crippen molar-refractivity contribution in [2.75, 3.05) is 19.8 Å². The maximum Gasteiger partial charge on any atom is 0.257 e. The van der Waals surface area contributed by atoms with Crippen molar-refractivity contribution in [1.29, 1.82) is 0 Å². The summed E-state index contributed by atoms with van der Waals surface area (Å²) in [5, 5.41) is 9.45. The van der Waals surface area contributed by atoms with Crippen LogP contribution in [-0.2, 0) is 4.74 Å². The van der Waals surface area contributed by atoms with Crippen molar-refractivity contribution in [3.8, 4) is 11.4 Å². The van der Waals surface area contributed by atoms with E-state index in [-0.39, 0.29) is 30.6 Å². The molecule has 0 spiro atoms. The van der Waals surface area contributed by atoms with Gasteiger partial charge in [-0.1, -0.05) is 0 Å². The van der Waals surface area contributed by atoms with Crippen molar-refractivity contribution in [2.45, 2.75) is 31.9 Å². The summed E-state index contributed by atoms with van der Waals surface area (Å²) in [7, 11) is 0. The Morgan fingerprint density at radius 3 is 3.00 bits per heavy atom. The highest BCUT2D eigenvalue weighted by Crippen LogP contribution is 2.34. The fourth-order valence-corrected chi connectivity index (χ4v) is 3.92. The van der Waals surface area contributed by atoms with Crippen LogP contribution in [0.3, 0.4) is 0 Å². The first-order valence-corrected chi connectivity index (χ1v) is 8.95. The number of aryl methyl sites for hydroxylation is 1. The van der Waals surface area contributed by atoms with E-state index in [2.05, 4.69) is 15.0 Å². The molecule has 7 nitrogen and oxygen atoms in total. The fourth-order valence-electron chi connectivity index (χ4n) is 3.92. The van der Waals surface area contributed by atoms with Gasteiger partial charge in [-0.15, -0.1) is 0 Å². The van der Waals surface area contributed by atoms with E-state index in [4.69, 9.17) is 4.74 Å². The van der Waals surface area contributed by atoms with Gasteiger partial charge >= 0.3 is 0 Å². The Bertz CT molecular complexity index is 799. The lowest BCUT2D eigenvalue weighted by atomic mass is 10.1. The van der Waals surface area contributed by atoms with Crippen molar-refractivity contribution >= 4 is 5.91 Å². The van der Waals surface area contributed by atoms with E-state index >= 15 is 0 Å². The van der Waals surface area contributed by atoms with E-state index in [1.165, 1.54) is 0 Å². The molecule has 3 heterocycles. The maximum absolute atomic E-state index is 13.1. The highest BCUT2D eigenvalue weighted by Gasteiger charge is 2.43. The quantitative estimate of drug-likeness (QED) is 0.898. The fraction of sp³-hybridized carbons (Fsp3) is 0.474. The van der Waals surface area contributed by atoms with Gasteiger partial charge in [0.15, 0.2) is 5.82 Å². The van der Waals surface area contributed by atoms with Gasteiger partial charge in [0, 0.05) is 37.3 Å². The zero-order chi connectivity index (χ0) is 18.1. The predicted molar refractivity (Wildman–Crippen MR) is 94.4 cm³/mol. The van der Waals surface area contributed by atoms with Gasteiger partial charge in [-0.05, 0) is 37.8 Å². The summed E-state index contributed by atoms with van der Waals surface area (Å²) < 4.78 is 5.81. The van der Waals surface area contributed by atoms with Crippen LogP contribution in [0.4, 0.5) is 0 Å². The number of amides is 1. The number of carbonyl (C=O) groups excluding carboxylic acids is 1. The van der Waals surface area contributed by atoms with Crippen LogP contribution < -0.4 is 0 Å². The van der Waals surface area contributed by atoms with Crippen LogP contribution in [-0.4, -0.2) is 62.8 Å². The monoisotopic (exact) mass is 354 g/mol. The van der Waals surface area contributed by atoms with E-state index in [0.717, 1.165) is 18.4 Å². The highest BCUT2D eigenvalue weighted by atomic mass is 16.5. The molecule has 0 bridgehead atoms. The van der Waals surface area contributed by atoms with Crippen LogP contribution in [0.2, 0.25) is 0 Å². The number of nitrogens with zero attached hydrogens (tertiary/aromatic N) is 4. The minimum absolute atomic E-state index is 0.0146. The maximum atomic E-state index is 13.1. The first-order chi connectivity index (χ1) is 12.7. The number of pyridine rings is 1. The third kappa shape index (κ3) is 3.08. The minimum Gasteiger partial charge on any atom is -0.396 e. The van der Waals surface area contributed by atoms with Crippen molar-refractivity contribution in [1.82, 2.24) is 19.9 Å². The molecule has 2 aliphatic rings. The van der Waals surface area contributed by atoms with Gasteiger partial charge in [0.2, 0.25) is 0 Å². The van der Waals surface area contributed by atoms with Gasteiger partial charge in [0.05, 0.1) is 30.0 Å². The second kappa shape index (κ2) is 7.09. The van der Waals surface area contributed by atoms with Crippen LogP contribution in [0.25, 0.3) is 11.4 Å². The zero-order valence-electron chi connectivity index (χ0n) is 14.7. The second-order valence-corrected chi connectivity index (χ2v) is 6.93. The SMILES string of the molecule is Cc1nc(-c2cccnc2)ncc1C(=O)N1CCOC2C[C@H](CO)C[C@@H]21. The van der Waals surface area contributed by atoms with Crippen molar-refractivity contribution in [2.24, 2.45) is 5.92 Å². The standard InChI is InChI=1S/C19H22N4O3/c1-12-15(10-21-18(22-12)14-3-2-4-20-9-14)19(25)23-5-6-26-17-8-13(11-24)7-16(17)23/h2-4,9-10,13,16-17,24H,5-8,11H2,1H3/t13-,16+,17?/m1/s1. The Morgan fingerprint density at radius 1 is 1.38 bits per heavy atom. The molecule has 1 aliphatic carbocycles. The summed E-state index contributed by atoms with van der Waals surface area (Å²) in [5.41, 5.74) is 2.00. The number of aromatic nitrogens is 3. The Morgan fingerprint density at radius 2 is 2.27 bits per heavy atom. The van der Waals surface area contributed by atoms with Gasteiger partial charge in [0.1, 0.15) is 0 Å². The van der Waals surface area contributed by atoms with Gasteiger partial charge < -0.3 is 14.7 Å². The van der Waals surface area contributed by atoms with E-state index in [0.29, 0.717) is 30.2 Å². The molecule has 7 heteroatoms. The van der Waals surface area contributed by atoms with Crippen LogP contribution in [0, 0.1) is 12.8 Å². The lowest BCUT2D eigenvalue weighted by Gasteiger charge is -2.37. The number of hydrogen-bond acceptors (Lipinski definition) is 6. The van der Waals surface area contributed by atoms with E-state index in [1.54, 1.807) is 18.6 Å². The molecule has 0 aromatic carbocycles. The molecule has 26 heavy (non-hydrogen) atoms. The number of fused-ring (bicyclic) bond motifs is 1. The highest BCUT2D eigenvalue weighted by molar-refractivity contribution is 5.95. The Labute approximate surface area is 152 Å². The van der Waals surface area contributed by atoms with Crippen LogP contribution in [0.15, 0.2) is 30.7 Å². The molecule has 3 atom stereocenters. The minimum atomic E-state index is -0.0582. The predicted octanol–water partition coefficient (Wildman–Crippen LogP) is 1.46. The summed E-state index contributed by atoms with van der Waals surface area (Å²) in [6, 6.07) is 3.74. The molecule has 1 N–H and O–H groups in total. The number of aliphatic hydroxyl groups excluding tert-OH is 1. The molecule has 1 aliphatic heterocycles. The molecule has 2 fully saturated rings. The summed E-state index contributed by atoms with van der Waals surface area (Å²) in [6.45, 7) is 3.05. The van der Waals surface area contributed by atoms with Crippen LogP contribution >= 0.6 is 0 Å². The Kier molecular flexibility index (Phi) is 4.65. The number of morpholine rings is 1. The summed E-state index contributed by atoms with van der Waals surface area (Å²) in [4.78, 5) is 28.0. The summed E-state index contributed by atoms with van der Waals surface area (Å²) in [5.74, 6) is 0.703. The largest absolute Gasteiger partial charge is 0.396 e. The molecule has 2 aromatic rings. The molecule has 136 valence electrons. The molecule has 1 saturated heterocycles. The first-order valence-electron chi connectivity index (χ1n) is 8.95. The van der Waals surface area contributed by atoms with Gasteiger partial charge in [-0.2, -0.15) is 0 Å². The number of hydrogen-bond donors (Lipinski definition) is 1. The second-order valence-electron chi connectivity index (χ2n) is 6.93. The average molecular weight is 354 g/mol. The van der Waals surface area contributed by atoms with E-state index in [1.807, 2.05) is 24.0 Å². The molecule has 1 unspecified atom stereocenters. The number of carbonyl (C=O) groups is 1. The molecule has 1 amide bonds. The molecule has 1 saturated carbocycles. The molecular formula is C19H22N4O3. The van der Waals surface area contributed by atoms with E-state index < -0.39 is 0 Å². The zero-order valence-corrected chi connectivity index (χ0v) is 14.7. The molecular weight excluding hydrogens is 332 g/mol. The van der Waals surface area contributed by atoms with Crippen molar-refractivity contribution < 1.29 is 14.6 Å². The first kappa shape index (κ1) is 17.1. The van der Waals surface area contributed by atoms with Crippen LogP contribution in [0.1, 0.15) is 28.9 Å². The summed E-state index contributed by atoms with van der Waals surface area (Å²) in [6.07, 6.45) is 6.61. The van der Waals surface area contributed by atoms with Gasteiger partial charge in [-0.25, -0.2) is 9.97 Å². The third-order valence-corrected chi connectivity index (χ3v) is 5.28. The number of rotatable bonds is 3. The smallest absolute Gasteiger partial charge is 0.257 e. The third-order valence-electron chi connectivity index (χ3n) is 5.28. The van der Waals surface area contributed by atoms with Crippen molar-refractivity contribution in [3.05, 3.63) is 42.0 Å². The Hall–Kier alpha value is -2.38. The summed E-state index contributed by atoms with van der Waals surface area (Å²) >= 11 is 0. The normalized spacial score (nSPS) is 25.2. The lowest BCUT2D eigenvalue weighted by Crippen LogP contribution is -2.51. The molecule has 2 aromatic heterocycles. The molecule has 4 rings (SSSR count). The Balaban J connectivity index is 1.58. The van der Waals surface area contributed by atoms with Gasteiger partial charge in [-0.3, -0.25) is 9.78 Å². The van der Waals surface area contributed by atoms with Crippen LogP contribution in [0.5, 0.6) is 0 Å². The van der Waals surface area contributed by atoms with Gasteiger partial charge in [0.25, 0.3) is 5.91 Å². The average Bonchev–Trinajstić information content (AvgIpc) is 3.11.